The van der Waals surface area contributed by atoms with Crippen molar-refractivity contribution in [3.63, 3.8) is 0 Å². The van der Waals surface area contributed by atoms with Gasteiger partial charge in [-0.25, -0.2) is 4.79 Å². The van der Waals surface area contributed by atoms with Gasteiger partial charge in [0.2, 0.25) is 0 Å². The molecule has 0 bridgehead atoms. The summed E-state index contributed by atoms with van der Waals surface area (Å²) < 4.78 is 5.11. The van der Waals surface area contributed by atoms with Crippen LogP contribution in [0.25, 0.3) is 6.08 Å². The van der Waals surface area contributed by atoms with E-state index in [4.69, 9.17) is 4.74 Å². The van der Waals surface area contributed by atoms with E-state index in [2.05, 4.69) is 5.32 Å². The van der Waals surface area contributed by atoms with E-state index in [0.717, 1.165) is 11.1 Å². The van der Waals surface area contributed by atoms with Crippen molar-refractivity contribution < 1.29 is 14.6 Å². The molecule has 0 aliphatic heterocycles. The lowest BCUT2D eigenvalue weighted by atomic mass is 10.1. The SMILES string of the molecule is Cc1c(O)cccc1C=CCNC(=O)OC(C)(C)C. The Morgan fingerprint density at radius 3 is 2.74 bits per heavy atom. The van der Waals surface area contributed by atoms with E-state index >= 15 is 0 Å². The number of carbonyl (C=O) groups is 1. The van der Waals surface area contributed by atoms with E-state index in [1.54, 1.807) is 12.1 Å². The fourth-order valence-electron chi connectivity index (χ4n) is 1.46. The molecule has 0 atom stereocenters. The lowest BCUT2D eigenvalue weighted by Gasteiger charge is -2.19. The smallest absolute Gasteiger partial charge is 0.407 e. The van der Waals surface area contributed by atoms with Crippen molar-refractivity contribution in [1.82, 2.24) is 5.32 Å². The standard InChI is InChI=1S/C15H21NO3/c1-11-12(7-5-9-13(11)17)8-6-10-16-14(18)19-15(2,3)4/h5-9,17H,10H2,1-4H3,(H,16,18). The van der Waals surface area contributed by atoms with E-state index < -0.39 is 11.7 Å². The molecule has 0 saturated carbocycles. The highest BCUT2D eigenvalue weighted by atomic mass is 16.6. The highest BCUT2D eigenvalue weighted by Gasteiger charge is 2.14. The highest BCUT2D eigenvalue weighted by molar-refractivity contribution is 5.68. The van der Waals surface area contributed by atoms with Gasteiger partial charge in [0.05, 0.1) is 0 Å². The van der Waals surface area contributed by atoms with Crippen molar-refractivity contribution in [2.75, 3.05) is 6.54 Å². The molecule has 0 radical (unpaired) electrons. The number of alkyl carbamates (subject to hydrolysis) is 1. The van der Waals surface area contributed by atoms with Gasteiger partial charge in [0, 0.05) is 6.54 Å². The maximum absolute atomic E-state index is 11.4. The number of hydrogen-bond acceptors (Lipinski definition) is 3. The Balaban J connectivity index is 2.47. The molecule has 0 aliphatic rings. The van der Waals surface area contributed by atoms with Crippen LogP contribution in [-0.4, -0.2) is 23.3 Å². The van der Waals surface area contributed by atoms with Crippen LogP contribution in [0.15, 0.2) is 24.3 Å². The second kappa shape index (κ2) is 6.27. The molecule has 4 nitrogen and oxygen atoms in total. The Morgan fingerprint density at radius 1 is 1.42 bits per heavy atom. The van der Waals surface area contributed by atoms with Crippen LogP contribution in [0.1, 0.15) is 31.9 Å². The largest absolute Gasteiger partial charge is 0.508 e. The summed E-state index contributed by atoms with van der Waals surface area (Å²) in [4.78, 5) is 11.4. The number of carbonyl (C=O) groups excluding carboxylic acids is 1. The predicted octanol–water partition coefficient (Wildman–Crippen LogP) is 3.24. The number of aromatic hydroxyl groups is 1. The summed E-state index contributed by atoms with van der Waals surface area (Å²) in [6.45, 7) is 7.68. The number of ether oxygens (including phenoxy) is 1. The zero-order valence-electron chi connectivity index (χ0n) is 11.9. The minimum Gasteiger partial charge on any atom is -0.508 e. The molecule has 0 aliphatic carbocycles. The van der Waals surface area contributed by atoms with Crippen LogP contribution in [-0.2, 0) is 4.74 Å². The molecule has 0 fully saturated rings. The van der Waals surface area contributed by atoms with Gasteiger partial charge < -0.3 is 15.2 Å². The van der Waals surface area contributed by atoms with Gasteiger partial charge in [-0.15, -0.1) is 0 Å². The van der Waals surface area contributed by atoms with Crippen LogP contribution < -0.4 is 5.32 Å². The third-order valence-electron chi connectivity index (χ3n) is 2.41. The number of amides is 1. The fraction of sp³-hybridized carbons (Fsp3) is 0.400. The quantitative estimate of drug-likeness (QED) is 0.880. The van der Waals surface area contributed by atoms with Crippen LogP contribution in [0.2, 0.25) is 0 Å². The van der Waals surface area contributed by atoms with Crippen LogP contribution >= 0.6 is 0 Å². The molecule has 0 aromatic heterocycles. The minimum absolute atomic E-state index is 0.266. The first-order valence-corrected chi connectivity index (χ1v) is 6.21. The second-order valence-electron chi connectivity index (χ2n) is 5.28. The molecule has 1 aromatic rings. The van der Waals surface area contributed by atoms with E-state index in [-0.39, 0.29) is 5.75 Å². The Bertz CT molecular complexity index is 473. The van der Waals surface area contributed by atoms with Gasteiger partial charge in [-0.05, 0) is 44.9 Å². The zero-order chi connectivity index (χ0) is 14.5. The average molecular weight is 263 g/mol. The van der Waals surface area contributed by atoms with Gasteiger partial charge >= 0.3 is 6.09 Å². The van der Waals surface area contributed by atoms with Gasteiger partial charge in [-0.1, -0.05) is 24.3 Å². The number of rotatable bonds is 3. The van der Waals surface area contributed by atoms with Gasteiger partial charge in [0.25, 0.3) is 0 Å². The molecule has 0 unspecified atom stereocenters. The lowest BCUT2D eigenvalue weighted by Crippen LogP contribution is -2.32. The Hall–Kier alpha value is -1.97. The molecular formula is C15H21NO3. The van der Waals surface area contributed by atoms with Crippen LogP contribution in [0.5, 0.6) is 5.75 Å². The van der Waals surface area contributed by atoms with Crippen molar-refractivity contribution in [3.05, 3.63) is 35.4 Å². The normalized spacial score (nSPS) is 11.6. The average Bonchev–Trinajstić information content (AvgIpc) is 2.27. The van der Waals surface area contributed by atoms with Crippen molar-refractivity contribution in [2.45, 2.75) is 33.3 Å². The van der Waals surface area contributed by atoms with Gasteiger partial charge in [-0.2, -0.15) is 0 Å². The predicted molar refractivity (Wildman–Crippen MR) is 76.1 cm³/mol. The highest BCUT2D eigenvalue weighted by Crippen LogP contribution is 2.20. The first-order valence-electron chi connectivity index (χ1n) is 6.21. The minimum atomic E-state index is -0.490. The first kappa shape index (κ1) is 15.1. The van der Waals surface area contributed by atoms with Crippen LogP contribution in [0, 0.1) is 6.92 Å². The summed E-state index contributed by atoms with van der Waals surface area (Å²) in [6, 6.07) is 5.33. The van der Waals surface area contributed by atoms with Gasteiger partial charge in [-0.3, -0.25) is 0 Å². The van der Waals surface area contributed by atoms with Gasteiger partial charge in [0.1, 0.15) is 11.4 Å². The van der Waals surface area contributed by atoms with E-state index in [1.807, 2.05) is 45.9 Å². The molecule has 1 aromatic carbocycles. The molecule has 0 saturated heterocycles. The maximum Gasteiger partial charge on any atom is 0.407 e. The number of phenolic OH excluding ortho intramolecular Hbond substituents is 1. The zero-order valence-corrected chi connectivity index (χ0v) is 11.9. The van der Waals surface area contributed by atoms with Crippen molar-refractivity contribution in [2.24, 2.45) is 0 Å². The lowest BCUT2D eigenvalue weighted by molar-refractivity contribution is 0.0534. The number of hydrogen-bond donors (Lipinski definition) is 2. The van der Waals surface area contributed by atoms with E-state index in [1.165, 1.54) is 0 Å². The number of phenols is 1. The molecule has 0 heterocycles. The van der Waals surface area contributed by atoms with Crippen molar-refractivity contribution in [1.29, 1.82) is 0 Å². The fourth-order valence-corrected chi connectivity index (χ4v) is 1.46. The van der Waals surface area contributed by atoms with Crippen molar-refractivity contribution in [3.8, 4) is 5.75 Å². The summed E-state index contributed by atoms with van der Waals surface area (Å²) in [5.41, 5.74) is 1.25. The number of nitrogens with one attached hydrogen (secondary N) is 1. The monoisotopic (exact) mass is 263 g/mol. The second-order valence-corrected chi connectivity index (χ2v) is 5.28. The Morgan fingerprint density at radius 2 is 2.11 bits per heavy atom. The molecule has 2 N–H and O–H groups in total. The third kappa shape index (κ3) is 5.46. The Kier molecular flexibility index (Phi) is 4.98. The van der Waals surface area contributed by atoms with E-state index in [0.29, 0.717) is 6.54 Å². The molecule has 4 heteroatoms. The summed E-state index contributed by atoms with van der Waals surface area (Å²) in [5.74, 6) is 0.266. The molecule has 19 heavy (non-hydrogen) atoms. The van der Waals surface area contributed by atoms with Crippen LogP contribution in [0.3, 0.4) is 0 Å². The summed E-state index contributed by atoms with van der Waals surface area (Å²) >= 11 is 0. The number of benzene rings is 1. The molecular weight excluding hydrogens is 242 g/mol. The van der Waals surface area contributed by atoms with Crippen molar-refractivity contribution >= 4 is 12.2 Å². The van der Waals surface area contributed by atoms with E-state index in [9.17, 15) is 9.90 Å². The maximum atomic E-state index is 11.4. The molecule has 1 rings (SSSR count). The van der Waals surface area contributed by atoms with Gasteiger partial charge in [0.15, 0.2) is 0 Å². The third-order valence-corrected chi connectivity index (χ3v) is 2.41. The summed E-state index contributed by atoms with van der Waals surface area (Å²) in [5, 5.41) is 12.2. The molecule has 104 valence electrons. The topological polar surface area (TPSA) is 58.6 Å². The first-order chi connectivity index (χ1) is 8.79. The summed E-state index contributed by atoms with van der Waals surface area (Å²) in [7, 11) is 0. The molecule has 1 amide bonds. The molecule has 0 spiro atoms. The summed E-state index contributed by atoms with van der Waals surface area (Å²) in [6.07, 6.45) is 3.22. The Labute approximate surface area is 114 Å². The van der Waals surface area contributed by atoms with Crippen LogP contribution in [0.4, 0.5) is 4.79 Å².